The Labute approximate surface area is 251 Å². The number of hydrogen-bond donors (Lipinski definition) is 0. The molecule has 0 spiro atoms. The second kappa shape index (κ2) is 15.3. The normalized spacial score (nSPS) is 19.0. The Hall–Kier alpha value is -4.04. The van der Waals surface area contributed by atoms with Crippen LogP contribution in [0.3, 0.4) is 0 Å². The lowest BCUT2D eigenvalue weighted by Gasteiger charge is -2.19. The fourth-order valence-corrected chi connectivity index (χ4v) is 5.53. The number of amidine groups is 2. The number of benzene rings is 1. The maximum absolute atomic E-state index is 13.3. The van der Waals surface area contributed by atoms with Crippen molar-refractivity contribution in [3.63, 3.8) is 0 Å². The molecule has 3 rings (SSSR count). The van der Waals surface area contributed by atoms with Crippen LogP contribution in [0.15, 0.2) is 56.2 Å². The van der Waals surface area contributed by atoms with Gasteiger partial charge >= 0.3 is 11.9 Å². The summed E-state index contributed by atoms with van der Waals surface area (Å²) in [5.74, 6) is -3.46. The SMILES string of the molecule is CCCCC(=O)N=C1S/C(=C\C(=O)OC)C(=O)N1c1ccc(N2C(=O)/C(=C/C(=O)OC)SC2=NC(=O)CCCC)cc1. The number of unbranched alkanes of at least 4 members (excludes halogenated alkanes) is 2. The van der Waals surface area contributed by atoms with E-state index in [2.05, 4.69) is 19.5 Å². The smallest absolute Gasteiger partial charge is 0.331 e. The number of ether oxygens (including phenoxy) is 2. The molecule has 2 fully saturated rings. The molecule has 0 saturated carbocycles. The lowest BCUT2D eigenvalue weighted by atomic mass is 10.2. The Kier molecular flexibility index (Phi) is 11.8. The van der Waals surface area contributed by atoms with Crippen LogP contribution in [0, 0.1) is 0 Å². The van der Waals surface area contributed by atoms with E-state index >= 15 is 0 Å². The van der Waals surface area contributed by atoms with Gasteiger partial charge < -0.3 is 9.47 Å². The van der Waals surface area contributed by atoms with Crippen molar-refractivity contribution in [1.82, 2.24) is 0 Å². The van der Waals surface area contributed by atoms with Crippen LogP contribution in [-0.2, 0) is 38.2 Å². The number of carbonyl (C=O) groups is 6. The maximum atomic E-state index is 13.3. The molecule has 1 aromatic carbocycles. The maximum Gasteiger partial charge on any atom is 0.331 e. The Bertz CT molecular complexity index is 1290. The van der Waals surface area contributed by atoms with Crippen LogP contribution in [-0.4, -0.2) is 60.1 Å². The topological polar surface area (TPSA) is 152 Å². The minimum absolute atomic E-state index is 0.0247. The largest absolute Gasteiger partial charge is 0.466 e. The van der Waals surface area contributed by atoms with Gasteiger partial charge in [-0.05, 0) is 60.6 Å². The summed E-state index contributed by atoms with van der Waals surface area (Å²) in [4.78, 5) is 85.7. The van der Waals surface area contributed by atoms with Crippen molar-refractivity contribution in [3.8, 4) is 0 Å². The summed E-state index contributed by atoms with van der Waals surface area (Å²) in [6, 6.07) is 6.10. The van der Waals surface area contributed by atoms with Gasteiger partial charge in [0.15, 0.2) is 10.3 Å². The average molecular weight is 615 g/mol. The molecular formula is C28H30N4O8S2. The minimum atomic E-state index is -0.735. The van der Waals surface area contributed by atoms with Gasteiger partial charge in [0.1, 0.15) is 0 Å². The second-order valence-corrected chi connectivity index (χ2v) is 10.9. The van der Waals surface area contributed by atoms with Crippen molar-refractivity contribution < 1.29 is 38.2 Å². The van der Waals surface area contributed by atoms with E-state index in [0.717, 1.165) is 48.5 Å². The molecule has 1 aromatic rings. The molecule has 0 aromatic heterocycles. The number of nitrogens with zero attached hydrogens (tertiary/aromatic N) is 4. The van der Waals surface area contributed by atoms with E-state index in [0.29, 0.717) is 24.2 Å². The van der Waals surface area contributed by atoms with Gasteiger partial charge in [0.05, 0.1) is 35.4 Å². The van der Waals surface area contributed by atoms with E-state index in [1.807, 2.05) is 13.8 Å². The van der Waals surface area contributed by atoms with Crippen molar-refractivity contribution in [2.75, 3.05) is 24.0 Å². The van der Waals surface area contributed by atoms with Crippen molar-refractivity contribution in [2.45, 2.75) is 52.4 Å². The molecule has 2 heterocycles. The van der Waals surface area contributed by atoms with Crippen LogP contribution in [0.1, 0.15) is 52.4 Å². The van der Waals surface area contributed by atoms with Crippen LogP contribution in [0.2, 0.25) is 0 Å². The first-order valence-corrected chi connectivity index (χ1v) is 14.7. The summed E-state index contributed by atoms with van der Waals surface area (Å²) in [5, 5.41) is 0.146. The molecular weight excluding hydrogens is 584 g/mol. The van der Waals surface area contributed by atoms with E-state index in [9.17, 15) is 28.8 Å². The number of aliphatic imine (C=N–C) groups is 2. The van der Waals surface area contributed by atoms with Crippen molar-refractivity contribution >= 4 is 80.8 Å². The van der Waals surface area contributed by atoms with Gasteiger partial charge in [-0.1, -0.05) is 26.7 Å². The molecule has 14 heteroatoms. The Morgan fingerprint density at radius 1 is 0.714 bits per heavy atom. The Balaban J connectivity index is 2.00. The first-order chi connectivity index (χ1) is 20.1. The third-order valence-electron chi connectivity index (χ3n) is 5.81. The minimum Gasteiger partial charge on any atom is -0.466 e. The zero-order valence-corrected chi connectivity index (χ0v) is 25.2. The van der Waals surface area contributed by atoms with E-state index < -0.39 is 35.6 Å². The van der Waals surface area contributed by atoms with Crippen molar-refractivity contribution in [2.24, 2.45) is 9.98 Å². The van der Waals surface area contributed by atoms with Crippen LogP contribution < -0.4 is 9.80 Å². The summed E-state index contributed by atoms with van der Waals surface area (Å²) >= 11 is 1.74. The van der Waals surface area contributed by atoms with Gasteiger partial charge in [0.2, 0.25) is 11.8 Å². The molecule has 0 bridgehead atoms. The van der Waals surface area contributed by atoms with Crippen LogP contribution in [0.25, 0.3) is 0 Å². The van der Waals surface area contributed by atoms with E-state index in [1.165, 1.54) is 48.3 Å². The Morgan fingerprint density at radius 2 is 1.07 bits per heavy atom. The number of methoxy groups -OCH3 is 2. The number of amides is 4. The molecule has 222 valence electrons. The third-order valence-corrected chi connectivity index (χ3v) is 7.75. The van der Waals surface area contributed by atoms with Gasteiger partial charge in [0, 0.05) is 25.0 Å². The molecule has 12 nitrogen and oxygen atoms in total. The number of anilines is 2. The zero-order valence-electron chi connectivity index (χ0n) is 23.6. The number of hydrogen-bond acceptors (Lipinski definition) is 10. The molecule has 42 heavy (non-hydrogen) atoms. The molecule has 2 aliphatic rings. The summed E-state index contributed by atoms with van der Waals surface area (Å²) in [5.41, 5.74) is 0.627. The summed E-state index contributed by atoms with van der Waals surface area (Å²) in [7, 11) is 2.36. The lowest BCUT2D eigenvalue weighted by molar-refractivity contribution is -0.135. The average Bonchev–Trinajstić information content (AvgIpc) is 3.44. The number of rotatable bonds is 10. The molecule has 0 aliphatic carbocycles. The van der Waals surface area contributed by atoms with Gasteiger partial charge in [0.25, 0.3) is 11.8 Å². The van der Waals surface area contributed by atoms with E-state index in [1.54, 1.807) is 0 Å². The van der Waals surface area contributed by atoms with Crippen LogP contribution in [0.4, 0.5) is 11.4 Å². The highest BCUT2D eigenvalue weighted by atomic mass is 32.2. The van der Waals surface area contributed by atoms with Gasteiger partial charge in [-0.15, -0.1) is 0 Å². The zero-order chi connectivity index (χ0) is 30.8. The fraction of sp³-hybridized carbons (Fsp3) is 0.357. The van der Waals surface area contributed by atoms with Crippen molar-refractivity contribution in [1.29, 1.82) is 0 Å². The first-order valence-electron chi connectivity index (χ1n) is 13.1. The molecule has 2 saturated heterocycles. The van der Waals surface area contributed by atoms with E-state index in [-0.39, 0.29) is 33.0 Å². The molecule has 0 atom stereocenters. The van der Waals surface area contributed by atoms with Crippen LogP contribution >= 0.6 is 23.5 Å². The molecule has 0 radical (unpaired) electrons. The summed E-state index contributed by atoms with van der Waals surface area (Å²) in [6.07, 6.45) is 5.31. The molecule has 2 aliphatic heterocycles. The van der Waals surface area contributed by atoms with E-state index in [4.69, 9.17) is 0 Å². The lowest BCUT2D eigenvalue weighted by Crippen LogP contribution is -2.31. The predicted octanol–water partition coefficient (Wildman–Crippen LogP) is 4.11. The second-order valence-electron chi connectivity index (χ2n) is 8.85. The van der Waals surface area contributed by atoms with Gasteiger partial charge in [-0.25, -0.2) is 9.59 Å². The molecule has 0 unspecified atom stereocenters. The fourth-order valence-electron chi connectivity index (χ4n) is 3.62. The standard InChI is InChI=1S/C28H30N4O8S2/c1-5-7-9-21(33)29-27-31(25(37)19(41-27)15-23(35)39-3)17-11-13-18(14-12-17)32-26(38)20(16-24(36)40-4)42-28(32)30-22(34)10-8-6-2/h11-16H,5-10H2,1-4H3/b19-15-,20-16-,29-27?,30-28?. The summed E-state index contributed by atoms with van der Waals surface area (Å²) < 4.78 is 9.28. The monoisotopic (exact) mass is 614 g/mol. The molecule has 4 amide bonds. The number of carbonyl (C=O) groups excluding carboxylic acids is 6. The van der Waals surface area contributed by atoms with Gasteiger partial charge in [-0.3, -0.25) is 29.0 Å². The number of esters is 2. The first kappa shape index (κ1) is 32.5. The summed E-state index contributed by atoms with van der Waals surface area (Å²) in [6.45, 7) is 3.88. The van der Waals surface area contributed by atoms with Crippen molar-refractivity contribution in [3.05, 3.63) is 46.2 Å². The highest BCUT2D eigenvalue weighted by Crippen LogP contribution is 2.38. The van der Waals surface area contributed by atoms with Gasteiger partial charge in [-0.2, -0.15) is 9.98 Å². The van der Waals surface area contributed by atoms with Crippen LogP contribution in [0.5, 0.6) is 0 Å². The Morgan fingerprint density at radius 3 is 1.38 bits per heavy atom. The predicted molar refractivity (Wildman–Crippen MR) is 161 cm³/mol. The molecule has 0 N–H and O–H groups in total. The highest BCUT2D eigenvalue weighted by molar-refractivity contribution is 8.19. The quantitative estimate of drug-likeness (QED) is 0.278. The number of thioether (sulfide) groups is 2. The highest BCUT2D eigenvalue weighted by Gasteiger charge is 2.38. The third kappa shape index (κ3) is 8.03.